The van der Waals surface area contributed by atoms with Crippen molar-refractivity contribution in [3.05, 3.63) is 16.5 Å². The van der Waals surface area contributed by atoms with E-state index in [-0.39, 0.29) is 21.5 Å². The number of furan rings is 1. The summed E-state index contributed by atoms with van der Waals surface area (Å²) in [5.41, 5.74) is 0. The summed E-state index contributed by atoms with van der Waals surface area (Å²) in [4.78, 5) is 0.151. The molecule has 0 bridgehead atoms. The van der Waals surface area contributed by atoms with Crippen molar-refractivity contribution in [2.75, 3.05) is 18.6 Å². The molecule has 0 saturated carbocycles. The van der Waals surface area contributed by atoms with Gasteiger partial charge in [-0.15, -0.1) is 11.6 Å². The minimum absolute atomic E-state index is 0.0567. The molecule has 4 nitrogen and oxygen atoms in total. The van der Waals surface area contributed by atoms with E-state index < -0.39 is 10.0 Å². The van der Waals surface area contributed by atoms with Crippen molar-refractivity contribution >= 4 is 49.3 Å². The Hall–Kier alpha value is 0.310. The molecule has 2 heterocycles. The molecule has 0 spiro atoms. The third-order valence-electron chi connectivity index (χ3n) is 2.92. The number of halogens is 2. The van der Waals surface area contributed by atoms with E-state index in [1.165, 1.54) is 10.4 Å². The predicted molar refractivity (Wildman–Crippen MR) is 76.6 cm³/mol. The van der Waals surface area contributed by atoms with E-state index in [1.54, 1.807) is 18.8 Å². The van der Waals surface area contributed by atoms with Crippen LogP contribution < -0.4 is 0 Å². The number of nitrogens with zero attached hydrogens (tertiary/aromatic N) is 1. The highest BCUT2D eigenvalue weighted by molar-refractivity contribution is 9.10. The summed E-state index contributed by atoms with van der Waals surface area (Å²) in [6.07, 6.45) is 0.887. The number of hydrogen-bond acceptors (Lipinski definition) is 4. The maximum absolute atomic E-state index is 12.5. The van der Waals surface area contributed by atoms with Crippen LogP contribution in [0.4, 0.5) is 0 Å². The van der Waals surface area contributed by atoms with Crippen molar-refractivity contribution in [2.45, 2.75) is 23.2 Å². The summed E-state index contributed by atoms with van der Waals surface area (Å²) in [6.45, 7) is 0. The molecule has 1 aromatic heterocycles. The minimum Gasteiger partial charge on any atom is -0.452 e. The monoisotopic (exact) mass is 373 g/mol. The van der Waals surface area contributed by atoms with Crippen LogP contribution in [0.2, 0.25) is 0 Å². The van der Waals surface area contributed by atoms with Gasteiger partial charge in [-0.1, -0.05) is 0 Å². The third-order valence-corrected chi connectivity index (χ3v) is 7.09. The van der Waals surface area contributed by atoms with Gasteiger partial charge in [0, 0.05) is 24.9 Å². The quantitative estimate of drug-likeness (QED) is 0.760. The van der Waals surface area contributed by atoms with E-state index in [1.807, 2.05) is 0 Å². The van der Waals surface area contributed by atoms with Crippen molar-refractivity contribution in [1.82, 2.24) is 4.31 Å². The molecular weight excluding hydrogens is 362 g/mol. The Kier molecular flexibility index (Phi) is 4.70. The van der Waals surface area contributed by atoms with Gasteiger partial charge < -0.3 is 4.42 Å². The van der Waals surface area contributed by atoms with E-state index in [0.29, 0.717) is 5.76 Å². The van der Waals surface area contributed by atoms with Crippen molar-refractivity contribution in [2.24, 2.45) is 0 Å². The highest BCUT2D eigenvalue weighted by Crippen LogP contribution is 2.32. The summed E-state index contributed by atoms with van der Waals surface area (Å²) in [5, 5.41) is 0. The molecule has 0 N–H and O–H groups in total. The molecule has 2 rings (SSSR count). The Morgan fingerprint density at radius 3 is 2.89 bits per heavy atom. The first kappa shape index (κ1) is 14.7. The van der Waals surface area contributed by atoms with E-state index >= 15 is 0 Å². The van der Waals surface area contributed by atoms with E-state index in [9.17, 15) is 8.42 Å². The first-order valence-electron chi connectivity index (χ1n) is 5.36. The molecule has 1 saturated heterocycles. The number of thioether (sulfide) groups is 1. The van der Waals surface area contributed by atoms with Gasteiger partial charge in [0.15, 0.2) is 4.67 Å². The zero-order valence-electron chi connectivity index (χ0n) is 9.73. The molecule has 1 fully saturated rings. The molecular formula is C10H13BrClNO3S2. The lowest BCUT2D eigenvalue weighted by Gasteiger charge is -2.22. The van der Waals surface area contributed by atoms with Crippen molar-refractivity contribution < 1.29 is 12.8 Å². The molecule has 0 amide bonds. The van der Waals surface area contributed by atoms with Gasteiger partial charge in [-0.3, -0.25) is 0 Å². The summed E-state index contributed by atoms with van der Waals surface area (Å²) >= 11 is 10.6. The van der Waals surface area contributed by atoms with Crippen LogP contribution in [0.3, 0.4) is 0 Å². The first-order chi connectivity index (χ1) is 8.46. The molecule has 102 valence electrons. The highest BCUT2D eigenvalue weighted by atomic mass is 79.9. The van der Waals surface area contributed by atoms with Gasteiger partial charge >= 0.3 is 0 Å². The average Bonchev–Trinajstić information content (AvgIpc) is 2.96. The summed E-state index contributed by atoms with van der Waals surface area (Å²) in [7, 11) is -1.90. The van der Waals surface area contributed by atoms with E-state index in [0.717, 1.165) is 17.9 Å². The number of rotatable bonds is 4. The van der Waals surface area contributed by atoms with Gasteiger partial charge in [-0.05, 0) is 28.1 Å². The maximum atomic E-state index is 12.5. The summed E-state index contributed by atoms with van der Waals surface area (Å²) in [5.74, 6) is 2.44. The predicted octanol–water partition coefficient (Wildman–Crippen LogP) is 2.91. The van der Waals surface area contributed by atoms with E-state index in [2.05, 4.69) is 15.9 Å². The largest absolute Gasteiger partial charge is 0.452 e. The molecule has 18 heavy (non-hydrogen) atoms. The van der Waals surface area contributed by atoms with Crippen LogP contribution in [0.25, 0.3) is 0 Å². The number of sulfonamides is 1. The minimum atomic E-state index is -3.52. The molecule has 0 aromatic carbocycles. The smallest absolute Gasteiger partial charge is 0.247 e. The average molecular weight is 375 g/mol. The lowest BCUT2D eigenvalue weighted by atomic mass is 10.3. The van der Waals surface area contributed by atoms with Crippen molar-refractivity contribution in [3.8, 4) is 0 Å². The van der Waals surface area contributed by atoms with Crippen molar-refractivity contribution in [1.29, 1.82) is 0 Å². The van der Waals surface area contributed by atoms with Crippen LogP contribution in [0.15, 0.2) is 20.0 Å². The normalized spacial score (nSPS) is 20.8. The number of hydrogen-bond donors (Lipinski definition) is 0. The fraction of sp³-hybridized carbons (Fsp3) is 0.600. The summed E-state index contributed by atoms with van der Waals surface area (Å²) in [6, 6.07) is 1.53. The lowest BCUT2D eigenvalue weighted by molar-refractivity contribution is 0.393. The van der Waals surface area contributed by atoms with Gasteiger partial charge in [0.25, 0.3) is 0 Å². The van der Waals surface area contributed by atoms with Crippen LogP contribution in [-0.4, -0.2) is 37.3 Å². The second kappa shape index (κ2) is 5.75. The zero-order chi connectivity index (χ0) is 13.3. The Bertz CT molecular complexity index is 525. The molecule has 0 aliphatic carbocycles. The van der Waals surface area contributed by atoms with Crippen LogP contribution in [0, 0.1) is 0 Å². The molecule has 1 aliphatic rings. The Morgan fingerprint density at radius 1 is 1.67 bits per heavy atom. The van der Waals surface area contributed by atoms with Gasteiger partial charge in [0.2, 0.25) is 10.0 Å². The molecule has 1 atom stereocenters. The zero-order valence-corrected chi connectivity index (χ0v) is 13.7. The second-order valence-corrected chi connectivity index (χ2v) is 8.13. The topological polar surface area (TPSA) is 50.5 Å². The third kappa shape index (κ3) is 2.75. The van der Waals surface area contributed by atoms with Crippen LogP contribution in [-0.2, 0) is 15.9 Å². The lowest BCUT2D eigenvalue weighted by Crippen LogP contribution is -2.36. The Labute approximate surface area is 124 Å². The van der Waals surface area contributed by atoms with E-state index in [4.69, 9.17) is 16.0 Å². The Balaban J connectivity index is 2.31. The van der Waals surface area contributed by atoms with Crippen LogP contribution in [0.5, 0.6) is 0 Å². The fourth-order valence-electron chi connectivity index (χ4n) is 1.80. The van der Waals surface area contributed by atoms with Crippen LogP contribution in [0.1, 0.15) is 12.2 Å². The molecule has 0 radical (unpaired) electrons. The highest BCUT2D eigenvalue weighted by Gasteiger charge is 2.33. The van der Waals surface area contributed by atoms with Gasteiger partial charge in [0.1, 0.15) is 10.7 Å². The molecule has 1 aliphatic heterocycles. The fourth-order valence-corrected chi connectivity index (χ4v) is 5.64. The standard InChI is InChI=1S/C10H13BrClNO3S2/c1-13(7-2-3-17-6-7)18(14,15)9-4-8(5-12)16-10(9)11/h4,7H,2-3,5-6H2,1H3. The van der Waals surface area contributed by atoms with Crippen LogP contribution >= 0.6 is 39.3 Å². The SMILES string of the molecule is CN(C1CCSC1)S(=O)(=O)c1cc(CCl)oc1Br. The molecule has 1 unspecified atom stereocenters. The Morgan fingerprint density at radius 2 is 2.39 bits per heavy atom. The van der Waals surface area contributed by atoms with Gasteiger partial charge in [0.05, 0.1) is 5.88 Å². The van der Waals surface area contributed by atoms with Crippen molar-refractivity contribution in [3.63, 3.8) is 0 Å². The van der Waals surface area contributed by atoms with Gasteiger partial charge in [-0.25, -0.2) is 8.42 Å². The van der Waals surface area contributed by atoms with Gasteiger partial charge in [-0.2, -0.15) is 16.1 Å². The maximum Gasteiger partial charge on any atom is 0.247 e. The summed E-state index contributed by atoms with van der Waals surface area (Å²) < 4.78 is 31.8. The number of alkyl halides is 1. The first-order valence-corrected chi connectivity index (χ1v) is 9.29. The molecule has 1 aromatic rings. The molecule has 8 heteroatoms. The second-order valence-electron chi connectivity index (χ2n) is 4.02.